The second-order valence-electron chi connectivity index (χ2n) is 8.20. The van der Waals surface area contributed by atoms with E-state index in [2.05, 4.69) is 42.1 Å². The standard InChI is InChI=1S/C25H19ClF4N8O4/c1-4-20(39)38(42-23(40)25(28,29)30)15-5-6-18(27)19(8-15)35-21-16(13-7-17(26)22(41-3)31-9-13)11-32-24(36-21)34-14-10-33-37(2)12-14/h4-12H,1H2,2-3H3,(H2,32,34,35,36). The number of rotatable bonds is 8. The predicted molar refractivity (Wildman–Crippen MR) is 143 cm³/mol. The van der Waals surface area contributed by atoms with Crippen molar-refractivity contribution in [2.75, 3.05) is 22.8 Å². The van der Waals surface area contributed by atoms with E-state index in [9.17, 15) is 22.8 Å². The monoisotopic (exact) mass is 606 g/mol. The minimum Gasteiger partial charge on any atom is -0.480 e. The first kappa shape index (κ1) is 29.7. The Labute approximate surface area is 239 Å². The quantitative estimate of drug-likeness (QED) is 0.158. The van der Waals surface area contributed by atoms with E-state index in [1.54, 1.807) is 13.2 Å². The van der Waals surface area contributed by atoms with Crippen LogP contribution in [0.5, 0.6) is 5.88 Å². The molecule has 0 saturated carbocycles. The van der Waals surface area contributed by atoms with Crippen molar-refractivity contribution in [3.63, 3.8) is 0 Å². The van der Waals surface area contributed by atoms with Crippen molar-refractivity contribution in [1.29, 1.82) is 0 Å². The fraction of sp³-hybridized carbons (Fsp3) is 0.120. The van der Waals surface area contributed by atoms with E-state index in [4.69, 9.17) is 16.3 Å². The third-order valence-corrected chi connectivity index (χ3v) is 5.55. The van der Waals surface area contributed by atoms with Crippen molar-refractivity contribution in [2.24, 2.45) is 7.05 Å². The first-order valence-corrected chi connectivity index (χ1v) is 11.9. The Hall–Kier alpha value is -5.25. The molecule has 42 heavy (non-hydrogen) atoms. The van der Waals surface area contributed by atoms with Gasteiger partial charge in [0.1, 0.15) is 16.7 Å². The van der Waals surface area contributed by atoms with Gasteiger partial charge in [0.05, 0.1) is 30.4 Å². The number of amides is 1. The molecular formula is C25H19ClF4N8O4. The van der Waals surface area contributed by atoms with Crippen LogP contribution in [0.3, 0.4) is 0 Å². The van der Waals surface area contributed by atoms with E-state index in [1.165, 1.54) is 36.4 Å². The van der Waals surface area contributed by atoms with Gasteiger partial charge >= 0.3 is 12.1 Å². The molecular weight excluding hydrogens is 588 g/mol. The Morgan fingerprint density at radius 1 is 1.14 bits per heavy atom. The Morgan fingerprint density at radius 3 is 2.52 bits per heavy atom. The normalized spacial score (nSPS) is 11.0. The van der Waals surface area contributed by atoms with Gasteiger partial charge in [-0.3, -0.25) is 9.48 Å². The van der Waals surface area contributed by atoms with Gasteiger partial charge < -0.3 is 20.2 Å². The molecule has 0 fully saturated rings. The molecule has 0 aliphatic carbocycles. The van der Waals surface area contributed by atoms with Crippen molar-refractivity contribution in [2.45, 2.75) is 6.18 Å². The Bertz CT molecular complexity index is 1660. The minimum atomic E-state index is -5.41. The summed E-state index contributed by atoms with van der Waals surface area (Å²) in [7, 11) is 3.08. The molecule has 4 aromatic rings. The second kappa shape index (κ2) is 12.1. The molecule has 12 nitrogen and oxygen atoms in total. The number of methoxy groups -OCH3 is 1. The van der Waals surface area contributed by atoms with Crippen LogP contribution < -0.4 is 20.4 Å². The SMILES string of the molecule is C=CC(=O)N(OC(=O)C(F)(F)F)c1ccc(F)c(Nc2nc(Nc3cnn(C)c3)ncc2-c2cnc(OC)c(Cl)c2)c1. The number of anilines is 5. The molecule has 3 aromatic heterocycles. The van der Waals surface area contributed by atoms with E-state index < -0.39 is 29.6 Å². The summed E-state index contributed by atoms with van der Waals surface area (Å²) in [6.45, 7) is 3.19. The summed E-state index contributed by atoms with van der Waals surface area (Å²) in [6, 6.07) is 4.19. The van der Waals surface area contributed by atoms with Crippen LogP contribution in [0.1, 0.15) is 0 Å². The lowest BCUT2D eigenvalue weighted by molar-refractivity contribution is -0.201. The molecule has 4 rings (SSSR count). The lowest BCUT2D eigenvalue weighted by atomic mass is 10.1. The number of halogens is 5. The van der Waals surface area contributed by atoms with Crippen LogP contribution >= 0.6 is 11.6 Å². The van der Waals surface area contributed by atoms with Crippen LogP contribution in [0.15, 0.2) is 61.7 Å². The number of nitrogens with zero attached hydrogens (tertiary/aromatic N) is 6. The molecule has 1 aromatic carbocycles. The molecule has 218 valence electrons. The number of hydrogen-bond donors (Lipinski definition) is 2. The molecule has 0 radical (unpaired) electrons. The van der Waals surface area contributed by atoms with E-state index in [0.29, 0.717) is 17.3 Å². The van der Waals surface area contributed by atoms with E-state index in [0.717, 1.165) is 18.2 Å². The highest BCUT2D eigenvalue weighted by Crippen LogP contribution is 2.35. The zero-order valence-corrected chi connectivity index (χ0v) is 22.4. The minimum absolute atomic E-state index is 0.00985. The molecule has 0 saturated heterocycles. The van der Waals surface area contributed by atoms with Gasteiger partial charge in [-0.1, -0.05) is 18.2 Å². The lowest BCUT2D eigenvalue weighted by Gasteiger charge is -2.21. The van der Waals surface area contributed by atoms with Gasteiger partial charge in [0, 0.05) is 36.8 Å². The number of aryl methyl sites for hydroxylation is 1. The molecule has 0 atom stereocenters. The van der Waals surface area contributed by atoms with Crippen LogP contribution in [-0.2, 0) is 21.5 Å². The zero-order chi connectivity index (χ0) is 30.6. The molecule has 2 N–H and O–H groups in total. The maximum Gasteiger partial charge on any atom is 0.493 e. The smallest absolute Gasteiger partial charge is 0.480 e. The Kier molecular flexibility index (Phi) is 8.56. The number of alkyl halides is 3. The molecule has 0 unspecified atom stereocenters. The fourth-order valence-electron chi connectivity index (χ4n) is 3.39. The first-order valence-electron chi connectivity index (χ1n) is 11.5. The van der Waals surface area contributed by atoms with Crippen molar-refractivity contribution in [1.82, 2.24) is 24.7 Å². The molecule has 0 spiro atoms. The van der Waals surface area contributed by atoms with Gasteiger partial charge in [-0.2, -0.15) is 23.3 Å². The number of aromatic nitrogens is 5. The summed E-state index contributed by atoms with van der Waals surface area (Å²) >= 11 is 6.23. The summed E-state index contributed by atoms with van der Waals surface area (Å²) in [5.74, 6) is -4.61. The van der Waals surface area contributed by atoms with Gasteiger partial charge in [-0.25, -0.2) is 19.2 Å². The molecule has 17 heteroatoms. The maximum atomic E-state index is 15.0. The molecule has 0 aliphatic rings. The van der Waals surface area contributed by atoms with Crippen molar-refractivity contribution in [3.8, 4) is 17.0 Å². The molecule has 0 aliphatic heterocycles. The summed E-state index contributed by atoms with van der Waals surface area (Å²) in [5.41, 5.74) is 0.396. The van der Waals surface area contributed by atoms with E-state index in [-0.39, 0.29) is 39.0 Å². The van der Waals surface area contributed by atoms with Crippen LogP contribution in [0.4, 0.5) is 46.4 Å². The lowest BCUT2D eigenvalue weighted by Crippen LogP contribution is -2.38. The average Bonchev–Trinajstić information content (AvgIpc) is 3.36. The summed E-state index contributed by atoms with van der Waals surface area (Å²) < 4.78 is 60.1. The highest BCUT2D eigenvalue weighted by atomic mass is 35.5. The highest BCUT2D eigenvalue weighted by molar-refractivity contribution is 6.32. The van der Waals surface area contributed by atoms with Crippen molar-refractivity contribution in [3.05, 3.63) is 72.5 Å². The number of hydrogen-bond acceptors (Lipinski definition) is 10. The fourth-order valence-corrected chi connectivity index (χ4v) is 3.64. The third-order valence-electron chi connectivity index (χ3n) is 5.28. The van der Waals surface area contributed by atoms with E-state index in [1.807, 2.05) is 0 Å². The number of ether oxygens (including phenoxy) is 1. The van der Waals surface area contributed by atoms with Crippen LogP contribution in [0.2, 0.25) is 5.02 Å². The number of nitrogens with one attached hydrogen (secondary N) is 2. The van der Waals surface area contributed by atoms with Gasteiger partial charge in [-0.05, 0) is 30.3 Å². The highest BCUT2D eigenvalue weighted by Gasteiger charge is 2.43. The van der Waals surface area contributed by atoms with E-state index >= 15 is 4.39 Å². The number of hydroxylamine groups is 1. The number of pyridine rings is 1. The zero-order valence-electron chi connectivity index (χ0n) is 21.6. The van der Waals surface area contributed by atoms with Crippen molar-refractivity contribution < 1.29 is 36.7 Å². The van der Waals surface area contributed by atoms with Gasteiger partial charge in [-0.15, -0.1) is 5.06 Å². The van der Waals surface area contributed by atoms with Gasteiger partial charge in [0.15, 0.2) is 0 Å². The average molecular weight is 607 g/mol. The van der Waals surface area contributed by atoms with Crippen LogP contribution in [-0.4, -0.2) is 49.9 Å². The number of benzene rings is 1. The number of carbonyl (C=O) groups excluding carboxylic acids is 2. The summed E-state index contributed by atoms with van der Waals surface area (Å²) in [4.78, 5) is 40.7. The van der Waals surface area contributed by atoms with Gasteiger partial charge in [0.25, 0.3) is 5.91 Å². The Balaban J connectivity index is 1.77. The third kappa shape index (κ3) is 6.72. The molecule has 3 heterocycles. The summed E-state index contributed by atoms with van der Waals surface area (Å²) in [5, 5.41) is 9.89. The second-order valence-corrected chi connectivity index (χ2v) is 8.61. The van der Waals surface area contributed by atoms with Crippen molar-refractivity contribution >= 4 is 52.3 Å². The Morgan fingerprint density at radius 2 is 1.90 bits per heavy atom. The maximum absolute atomic E-state index is 15.0. The van der Waals surface area contributed by atoms with Crippen LogP contribution in [0, 0.1) is 5.82 Å². The number of carbonyl (C=O) groups is 2. The predicted octanol–water partition coefficient (Wildman–Crippen LogP) is 5.10. The molecule has 0 bridgehead atoms. The molecule has 1 amide bonds. The summed E-state index contributed by atoms with van der Waals surface area (Å²) in [6.07, 6.45) is 1.13. The first-order chi connectivity index (χ1) is 19.9. The topological polar surface area (TPSA) is 136 Å². The largest absolute Gasteiger partial charge is 0.493 e. The van der Waals surface area contributed by atoms with Crippen LogP contribution in [0.25, 0.3) is 11.1 Å². The van der Waals surface area contributed by atoms with Gasteiger partial charge in [0.2, 0.25) is 11.8 Å².